The highest BCUT2D eigenvalue weighted by Crippen LogP contribution is 2.24. The third kappa shape index (κ3) is 7.74. The van der Waals surface area contributed by atoms with Gasteiger partial charge < -0.3 is 24.7 Å². The highest BCUT2D eigenvalue weighted by atomic mass is 79.9. The van der Waals surface area contributed by atoms with Crippen LogP contribution in [0.5, 0.6) is 0 Å². The Hall–Kier alpha value is -2.68. The molecule has 40 heavy (non-hydrogen) atoms. The highest BCUT2D eigenvalue weighted by molar-refractivity contribution is 9.10. The van der Waals surface area contributed by atoms with Crippen molar-refractivity contribution in [3.8, 4) is 0 Å². The van der Waals surface area contributed by atoms with Gasteiger partial charge in [0.25, 0.3) is 0 Å². The van der Waals surface area contributed by atoms with E-state index in [1.54, 1.807) is 10.7 Å². The number of amides is 1. The number of halogens is 1. The molecule has 0 aliphatic heterocycles. The second kappa shape index (κ2) is 13.3. The first-order valence-electron chi connectivity index (χ1n) is 13.3. The lowest BCUT2D eigenvalue weighted by Crippen LogP contribution is -2.33. The van der Waals surface area contributed by atoms with Gasteiger partial charge in [-0.25, -0.2) is 14.8 Å². The molecule has 11 nitrogen and oxygen atoms in total. The van der Waals surface area contributed by atoms with Crippen LogP contribution in [0.1, 0.15) is 32.2 Å². The van der Waals surface area contributed by atoms with Gasteiger partial charge in [0.05, 0.1) is 28.2 Å². The summed E-state index contributed by atoms with van der Waals surface area (Å²) in [6.45, 7) is 12.1. The summed E-state index contributed by atoms with van der Waals surface area (Å²) >= 11 is 4.99. The lowest BCUT2D eigenvalue weighted by atomic mass is 10.1. The Bertz CT molecular complexity index is 1470. The molecule has 0 aliphatic rings. The zero-order chi connectivity index (χ0) is 28.9. The number of rotatable bonds is 12. The fraction of sp³-hybridized carbons (Fsp3) is 0.500. The largest absolute Gasteiger partial charge is 0.444 e. The van der Waals surface area contributed by atoms with Crippen LogP contribution in [-0.4, -0.2) is 69.0 Å². The third-order valence-electron chi connectivity index (χ3n) is 5.94. The molecule has 0 saturated heterocycles. The molecule has 4 rings (SSSR count). The number of hydrogen-bond donors (Lipinski definition) is 2. The van der Waals surface area contributed by atoms with E-state index in [2.05, 4.69) is 65.4 Å². The van der Waals surface area contributed by atoms with Crippen molar-refractivity contribution < 1.29 is 14.3 Å². The lowest BCUT2D eigenvalue weighted by Gasteiger charge is -2.19. The van der Waals surface area contributed by atoms with E-state index in [9.17, 15) is 4.79 Å². The monoisotopic (exact) mass is 648 g/mol. The summed E-state index contributed by atoms with van der Waals surface area (Å²) in [6, 6.07) is 7.16. The summed E-state index contributed by atoms with van der Waals surface area (Å²) in [5.74, 6) is 1.39. The van der Waals surface area contributed by atoms with Crippen LogP contribution in [0.3, 0.4) is 0 Å². The van der Waals surface area contributed by atoms with Crippen molar-refractivity contribution in [1.82, 2.24) is 34.4 Å². The average Bonchev–Trinajstić information content (AvgIpc) is 3.44. The Kier molecular flexibility index (Phi) is 10.1. The number of ether oxygens (including phenoxy) is 2. The van der Waals surface area contributed by atoms with E-state index in [1.807, 2.05) is 39.2 Å². The molecular weight excluding hydrogens is 612 g/mol. The number of nitrogens with one attached hydrogen (secondary N) is 2. The lowest BCUT2D eigenvalue weighted by molar-refractivity contribution is 0.0528. The molecule has 0 saturated carbocycles. The van der Waals surface area contributed by atoms with E-state index >= 15 is 0 Å². The number of carbonyl (C=O) groups excluding carboxylic acids is 1. The van der Waals surface area contributed by atoms with Crippen LogP contribution >= 0.6 is 27.7 Å². The van der Waals surface area contributed by atoms with Crippen LogP contribution in [0.15, 0.2) is 34.0 Å². The van der Waals surface area contributed by atoms with E-state index in [0.717, 1.165) is 32.9 Å². The summed E-state index contributed by atoms with van der Waals surface area (Å²) < 4.78 is 16.1. The number of hydrogen-bond acceptors (Lipinski definition) is 9. The minimum absolute atomic E-state index is 0.383. The van der Waals surface area contributed by atoms with Crippen molar-refractivity contribution in [2.24, 2.45) is 0 Å². The van der Waals surface area contributed by atoms with Gasteiger partial charge in [0.1, 0.15) is 18.2 Å². The third-order valence-corrected chi connectivity index (χ3v) is 8.44. The zero-order valence-electron chi connectivity index (χ0n) is 23.8. The molecule has 3 aromatic heterocycles. The molecule has 2 N–H and O–H groups in total. The predicted octanol–water partition coefficient (Wildman–Crippen LogP) is 5.10. The van der Waals surface area contributed by atoms with Crippen molar-refractivity contribution in [3.05, 3.63) is 40.3 Å². The summed E-state index contributed by atoms with van der Waals surface area (Å²) in [6.07, 6.45) is 3.85. The molecule has 1 amide bonds. The Morgan fingerprint density at radius 1 is 1.20 bits per heavy atom. The number of imidazole rings is 1. The molecule has 3 heterocycles. The molecule has 0 aliphatic carbocycles. The van der Waals surface area contributed by atoms with E-state index in [1.165, 1.54) is 11.8 Å². The van der Waals surface area contributed by atoms with Gasteiger partial charge in [-0.2, -0.15) is 14.6 Å². The summed E-state index contributed by atoms with van der Waals surface area (Å²) in [4.78, 5) is 26.3. The summed E-state index contributed by atoms with van der Waals surface area (Å²) in [7, 11) is -0.722. The van der Waals surface area contributed by atoms with Gasteiger partial charge >= 0.3 is 6.09 Å². The van der Waals surface area contributed by atoms with Crippen molar-refractivity contribution in [2.45, 2.75) is 70.4 Å². The van der Waals surface area contributed by atoms with E-state index in [0.29, 0.717) is 49.6 Å². The topological polar surface area (TPSA) is 120 Å². The maximum absolute atomic E-state index is 12.2. The van der Waals surface area contributed by atoms with Gasteiger partial charge in [0, 0.05) is 21.9 Å². The highest BCUT2D eigenvalue weighted by Gasteiger charge is 2.18. The standard InChI is InChI=1S/C26H37BrN8O3SSi/c1-26(2,3)38-25(36)28-11-10-17-8-7-9-19-21(17)34(16-37-12-13-40(5)6)20(31-19)15-29-23-33-24(39-4)32-22-18(27)14-30-35(22)23/h7-9,14,40H,10-13,15-16H2,1-6H3,(H,28,36)(H,29,32,33). The van der Waals surface area contributed by atoms with Gasteiger partial charge in [0.2, 0.25) is 5.95 Å². The van der Waals surface area contributed by atoms with E-state index < -0.39 is 20.5 Å². The number of thioether (sulfide) groups is 1. The van der Waals surface area contributed by atoms with Crippen LogP contribution in [-0.2, 0) is 29.2 Å². The number of anilines is 1. The van der Waals surface area contributed by atoms with E-state index in [4.69, 9.17) is 14.5 Å². The number of para-hydroxylation sites is 1. The zero-order valence-corrected chi connectivity index (χ0v) is 27.4. The molecule has 14 heteroatoms. The summed E-state index contributed by atoms with van der Waals surface area (Å²) in [5, 5.41) is 11.3. The van der Waals surface area contributed by atoms with E-state index in [-0.39, 0.29) is 0 Å². The van der Waals surface area contributed by atoms with Crippen LogP contribution in [0.25, 0.3) is 16.7 Å². The number of aromatic nitrogens is 6. The van der Waals surface area contributed by atoms with Crippen molar-refractivity contribution >= 4 is 65.2 Å². The quantitative estimate of drug-likeness (QED) is 0.123. The van der Waals surface area contributed by atoms with Crippen molar-refractivity contribution in [3.63, 3.8) is 0 Å². The smallest absolute Gasteiger partial charge is 0.407 e. The first-order chi connectivity index (χ1) is 19.1. The van der Waals surface area contributed by atoms with Gasteiger partial charge in [-0.15, -0.1) is 0 Å². The molecule has 0 spiro atoms. The van der Waals surface area contributed by atoms with Gasteiger partial charge in [0.15, 0.2) is 10.8 Å². The van der Waals surface area contributed by atoms with Crippen LogP contribution in [0, 0.1) is 0 Å². The molecule has 4 aromatic rings. The minimum Gasteiger partial charge on any atom is -0.444 e. The van der Waals surface area contributed by atoms with Crippen molar-refractivity contribution in [2.75, 3.05) is 24.7 Å². The maximum Gasteiger partial charge on any atom is 0.407 e. The molecule has 0 bridgehead atoms. The minimum atomic E-state index is -0.722. The van der Waals surface area contributed by atoms with Crippen LogP contribution in [0.4, 0.5) is 10.7 Å². The predicted molar refractivity (Wildman–Crippen MR) is 165 cm³/mol. The number of fused-ring (bicyclic) bond motifs is 2. The molecule has 0 fully saturated rings. The fourth-order valence-corrected chi connectivity index (χ4v) is 5.41. The Labute approximate surface area is 248 Å². The maximum atomic E-state index is 12.2. The first-order valence-corrected chi connectivity index (χ1v) is 18.4. The Balaban J connectivity index is 1.60. The average molecular weight is 650 g/mol. The molecule has 0 unspecified atom stereocenters. The number of nitrogens with zero attached hydrogens (tertiary/aromatic N) is 6. The first kappa shape index (κ1) is 30.3. The molecule has 0 atom stereocenters. The number of alkyl carbamates (subject to hydrolysis) is 1. The van der Waals surface area contributed by atoms with Crippen LogP contribution < -0.4 is 10.6 Å². The Morgan fingerprint density at radius 3 is 2.73 bits per heavy atom. The number of carbonyl (C=O) groups is 1. The van der Waals surface area contributed by atoms with Crippen LogP contribution in [0.2, 0.25) is 19.1 Å². The molecule has 0 radical (unpaired) electrons. The van der Waals surface area contributed by atoms with Gasteiger partial charge in [-0.05, 0) is 67.1 Å². The normalized spacial score (nSPS) is 12.0. The Morgan fingerprint density at radius 2 is 2.00 bits per heavy atom. The van der Waals surface area contributed by atoms with Gasteiger partial charge in [-0.1, -0.05) is 37.0 Å². The molecule has 1 aromatic carbocycles. The fourth-order valence-electron chi connectivity index (χ4n) is 4.07. The summed E-state index contributed by atoms with van der Waals surface area (Å²) in [5.41, 5.74) is 3.08. The SMILES string of the molecule is CSc1nc(NCc2nc3cccc(CCNC(=O)OC(C)(C)C)c3n2COCC[SiH](C)C)n2ncc(Br)c2n1. The molecular formula is C26H37BrN8O3SSi. The second-order valence-electron chi connectivity index (χ2n) is 10.8. The second-order valence-corrected chi connectivity index (χ2v) is 15.7. The number of benzene rings is 1. The molecule has 216 valence electrons. The van der Waals surface area contributed by atoms with Crippen molar-refractivity contribution in [1.29, 1.82) is 0 Å². The van der Waals surface area contributed by atoms with Gasteiger partial charge in [-0.3, -0.25) is 0 Å².